The average molecular weight is 204 g/mol. The molecule has 0 radical (unpaired) electrons. The third-order valence-electron chi connectivity index (χ3n) is 7.30. The molecule has 2 bridgehead atoms. The molecule has 1 nitrogen and oxygen atoms in total. The Morgan fingerprint density at radius 1 is 0.800 bits per heavy atom. The van der Waals surface area contributed by atoms with E-state index in [1.54, 1.807) is 0 Å². The van der Waals surface area contributed by atoms with E-state index in [9.17, 15) is 5.11 Å². The number of aliphatic hydroxyl groups is 1. The van der Waals surface area contributed by atoms with E-state index in [1.807, 2.05) is 0 Å². The van der Waals surface area contributed by atoms with Gasteiger partial charge in [0.1, 0.15) is 0 Å². The summed E-state index contributed by atoms with van der Waals surface area (Å²) in [5, 5.41) is 10.8. The van der Waals surface area contributed by atoms with E-state index < -0.39 is 0 Å². The molecule has 0 saturated heterocycles. The molecule has 1 heteroatoms. The first-order valence-electron chi connectivity index (χ1n) is 6.93. The Morgan fingerprint density at radius 2 is 1.20 bits per heavy atom. The Kier molecular flexibility index (Phi) is 1.10. The standard InChI is InChI=1S/C14H20O/c1-14(15)12-8-4-2-6-7-3-5-9(8)13(14)11(7)10(6)12/h6-13,15H,2-5H2,1H3/t6-,7+,8+,9-,10-,11+,12-,13+,14?. The van der Waals surface area contributed by atoms with Crippen LogP contribution in [0.4, 0.5) is 0 Å². The van der Waals surface area contributed by atoms with Gasteiger partial charge in [-0.3, -0.25) is 0 Å². The van der Waals surface area contributed by atoms with E-state index in [2.05, 4.69) is 6.92 Å². The molecule has 5 aliphatic rings. The summed E-state index contributed by atoms with van der Waals surface area (Å²) in [7, 11) is 0. The normalized spacial score (nSPS) is 77.2. The highest BCUT2D eigenvalue weighted by molar-refractivity contribution is 5.26. The fourth-order valence-corrected chi connectivity index (χ4v) is 7.35. The van der Waals surface area contributed by atoms with E-state index >= 15 is 0 Å². The first-order valence-corrected chi connectivity index (χ1v) is 6.93. The Bertz CT molecular complexity index is 307. The van der Waals surface area contributed by atoms with Gasteiger partial charge < -0.3 is 5.11 Å². The zero-order valence-electron chi connectivity index (χ0n) is 9.39. The molecular weight excluding hydrogens is 184 g/mol. The Labute approximate surface area is 91.2 Å². The third kappa shape index (κ3) is 0.594. The molecule has 0 amide bonds. The van der Waals surface area contributed by atoms with Crippen LogP contribution in [0, 0.1) is 47.3 Å². The van der Waals surface area contributed by atoms with Crippen LogP contribution in [-0.2, 0) is 0 Å². The summed E-state index contributed by atoms with van der Waals surface area (Å²) < 4.78 is 0. The van der Waals surface area contributed by atoms with Gasteiger partial charge in [-0.05, 0) is 80.0 Å². The second-order valence-electron chi connectivity index (χ2n) is 7.24. The second-order valence-corrected chi connectivity index (χ2v) is 7.24. The second kappa shape index (κ2) is 2.03. The maximum Gasteiger partial charge on any atom is 0.0687 e. The molecule has 82 valence electrons. The van der Waals surface area contributed by atoms with Gasteiger partial charge in [0.25, 0.3) is 0 Å². The minimum atomic E-state index is -0.265. The minimum absolute atomic E-state index is 0.265. The molecule has 5 fully saturated rings. The van der Waals surface area contributed by atoms with Crippen LogP contribution < -0.4 is 0 Å². The Balaban J connectivity index is 1.76. The molecule has 1 N–H and O–H groups in total. The van der Waals surface area contributed by atoms with E-state index in [-0.39, 0.29) is 5.60 Å². The van der Waals surface area contributed by atoms with Crippen molar-refractivity contribution >= 4 is 0 Å². The zero-order chi connectivity index (χ0) is 9.95. The smallest absolute Gasteiger partial charge is 0.0687 e. The molecule has 5 rings (SSSR count). The van der Waals surface area contributed by atoms with Crippen LogP contribution in [0.25, 0.3) is 0 Å². The number of fused-ring (bicyclic) bond motifs is 2. The minimum Gasteiger partial charge on any atom is -0.390 e. The van der Waals surface area contributed by atoms with Gasteiger partial charge >= 0.3 is 0 Å². The van der Waals surface area contributed by atoms with Crippen LogP contribution in [0.3, 0.4) is 0 Å². The molecule has 0 spiro atoms. The van der Waals surface area contributed by atoms with Gasteiger partial charge in [0.05, 0.1) is 5.60 Å². The van der Waals surface area contributed by atoms with Crippen LogP contribution in [0.5, 0.6) is 0 Å². The lowest BCUT2D eigenvalue weighted by Gasteiger charge is -2.64. The summed E-state index contributed by atoms with van der Waals surface area (Å²) in [6.07, 6.45) is 5.91. The summed E-state index contributed by atoms with van der Waals surface area (Å²) in [6.45, 7) is 2.18. The number of rotatable bonds is 0. The first-order chi connectivity index (χ1) is 7.21. The Hall–Kier alpha value is -0.0400. The van der Waals surface area contributed by atoms with E-state index in [0.717, 1.165) is 35.5 Å². The molecule has 9 atom stereocenters. The fourth-order valence-electron chi connectivity index (χ4n) is 7.35. The van der Waals surface area contributed by atoms with Crippen LogP contribution >= 0.6 is 0 Å². The van der Waals surface area contributed by atoms with Crippen molar-refractivity contribution in [2.75, 3.05) is 0 Å². The monoisotopic (exact) mass is 204 g/mol. The van der Waals surface area contributed by atoms with Crippen molar-refractivity contribution in [3.63, 3.8) is 0 Å². The van der Waals surface area contributed by atoms with Crippen molar-refractivity contribution in [1.29, 1.82) is 0 Å². The maximum absolute atomic E-state index is 10.8. The quantitative estimate of drug-likeness (QED) is 0.642. The van der Waals surface area contributed by atoms with Crippen LogP contribution in [0.1, 0.15) is 32.6 Å². The Morgan fingerprint density at radius 3 is 1.67 bits per heavy atom. The largest absolute Gasteiger partial charge is 0.390 e. The molecular formula is C14H20O. The fraction of sp³-hybridized carbons (Fsp3) is 1.00. The molecule has 15 heavy (non-hydrogen) atoms. The predicted molar refractivity (Wildman–Crippen MR) is 57.0 cm³/mol. The van der Waals surface area contributed by atoms with E-state index in [1.165, 1.54) is 25.7 Å². The first kappa shape index (κ1) is 8.11. The summed E-state index contributed by atoms with van der Waals surface area (Å²) in [4.78, 5) is 0. The number of hydrogen-bond donors (Lipinski definition) is 1. The molecule has 5 aliphatic carbocycles. The maximum atomic E-state index is 10.8. The van der Waals surface area contributed by atoms with Gasteiger partial charge in [-0.1, -0.05) is 0 Å². The number of hydrogen-bond acceptors (Lipinski definition) is 1. The van der Waals surface area contributed by atoms with Gasteiger partial charge in [-0.2, -0.15) is 0 Å². The van der Waals surface area contributed by atoms with Crippen LogP contribution in [0.2, 0.25) is 0 Å². The molecule has 5 saturated carbocycles. The van der Waals surface area contributed by atoms with Crippen molar-refractivity contribution < 1.29 is 5.11 Å². The van der Waals surface area contributed by atoms with E-state index in [4.69, 9.17) is 0 Å². The van der Waals surface area contributed by atoms with Gasteiger partial charge in [0.15, 0.2) is 0 Å². The van der Waals surface area contributed by atoms with Crippen LogP contribution in [-0.4, -0.2) is 10.7 Å². The molecule has 0 heterocycles. The molecule has 0 aromatic rings. The van der Waals surface area contributed by atoms with Crippen molar-refractivity contribution in [3.05, 3.63) is 0 Å². The molecule has 1 unspecified atom stereocenters. The molecule has 0 aromatic heterocycles. The van der Waals surface area contributed by atoms with Crippen molar-refractivity contribution in [2.45, 2.75) is 38.2 Å². The van der Waals surface area contributed by atoms with E-state index in [0.29, 0.717) is 11.8 Å². The summed E-state index contributed by atoms with van der Waals surface area (Å²) in [5.74, 6) is 7.27. The van der Waals surface area contributed by atoms with Gasteiger partial charge in [0, 0.05) is 0 Å². The predicted octanol–water partition coefficient (Wildman–Crippen LogP) is 2.30. The van der Waals surface area contributed by atoms with Crippen molar-refractivity contribution in [1.82, 2.24) is 0 Å². The third-order valence-corrected chi connectivity index (χ3v) is 7.30. The highest BCUT2D eigenvalue weighted by atomic mass is 16.3. The topological polar surface area (TPSA) is 20.2 Å². The summed E-state index contributed by atoms with van der Waals surface area (Å²) in [6, 6.07) is 0. The highest BCUT2D eigenvalue weighted by Crippen LogP contribution is 2.80. The molecule has 0 aliphatic heterocycles. The van der Waals surface area contributed by atoms with Crippen molar-refractivity contribution in [3.8, 4) is 0 Å². The van der Waals surface area contributed by atoms with Gasteiger partial charge in [0.2, 0.25) is 0 Å². The molecule has 0 aromatic carbocycles. The zero-order valence-corrected chi connectivity index (χ0v) is 9.39. The average Bonchev–Trinajstić information content (AvgIpc) is 2.50. The van der Waals surface area contributed by atoms with Crippen molar-refractivity contribution in [2.24, 2.45) is 47.3 Å². The lowest BCUT2D eigenvalue weighted by Crippen LogP contribution is -2.59. The highest BCUT2D eigenvalue weighted by Gasteiger charge is 2.78. The summed E-state index contributed by atoms with van der Waals surface area (Å²) in [5.41, 5.74) is -0.265. The van der Waals surface area contributed by atoms with Gasteiger partial charge in [-0.25, -0.2) is 0 Å². The lowest BCUT2D eigenvalue weighted by atomic mass is 9.40. The summed E-state index contributed by atoms with van der Waals surface area (Å²) >= 11 is 0. The lowest BCUT2D eigenvalue weighted by molar-refractivity contribution is -0.168. The SMILES string of the molecule is CC1(O)[C@@H]2[C@H]3CC[C@@H]4[C@@H]5CC[C@H]3[C@H]1[C@@H]5[C@@H]42. The van der Waals surface area contributed by atoms with Crippen LogP contribution in [0.15, 0.2) is 0 Å². The van der Waals surface area contributed by atoms with Gasteiger partial charge in [-0.15, -0.1) is 0 Å².